The number of hydrogen-bond donors (Lipinski definition) is 3. The highest BCUT2D eigenvalue weighted by molar-refractivity contribution is 7.99. The van der Waals surface area contributed by atoms with Crippen LogP contribution in [0.5, 0.6) is 5.75 Å². The first-order valence-corrected chi connectivity index (χ1v) is 9.17. The van der Waals surface area contributed by atoms with E-state index < -0.39 is 5.60 Å². The van der Waals surface area contributed by atoms with Crippen LogP contribution in [0.2, 0.25) is 0 Å². The third-order valence-corrected chi connectivity index (χ3v) is 5.10. The molecule has 1 heterocycles. The second kappa shape index (κ2) is 8.45. The zero-order valence-electron chi connectivity index (χ0n) is 14.2. The number of nitrogens with one attached hydrogen (secondary N) is 2. The average molecular weight is 337 g/mol. The van der Waals surface area contributed by atoms with Crippen molar-refractivity contribution in [3.63, 3.8) is 0 Å². The minimum Gasteiger partial charge on any atom is -0.496 e. The third-order valence-electron chi connectivity index (χ3n) is 3.86. The number of ether oxygens (including phenoxy) is 1. The van der Waals surface area contributed by atoms with Crippen molar-refractivity contribution in [1.29, 1.82) is 0 Å². The molecular weight excluding hydrogens is 310 g/mol. The smallest absolute Gasteiger partial charge is 0.191 e. The van der Waals surface area contributed by atoms with Crippen molar-refractivity contribution in [1.82, 2.24) is 10.6 Å². The van der Waals surface area contributed by atoms with E-state index in [2.05, 4.69) is 21.7 Å². The Morgan fingerprint density at radius 3 is 2.91 bits per heavy atom. The van der Waals surface area contributed by atoms with E-state index >= 15 is 0 Å². The monoisotopic (exact) mass is 337 g/mol. The van der Waals surface area contributed by atoms with E-state index in [4.69, 9.17) is 4.74 Å². The summed E-state index contributed by atoms with van der Waals surface area (Å²) >= 11 is 1.80. The maximum Gasteiger partial charge on any atom is 0.191 e. The summed E-state index contributed by atoms with van der Waals surface area (Å²) in [5.41, 5.74) is 1.59. The lowest BCUT2D eigenvalue weighted by molar-refractivity contribution is 0.0724. The van der Waals surface area contributed by atoms with Crippen LogP contribution < -0.4 is 15.4 Å². The van der Waals surface area contributed by atoms with Crippen LogP contribution in [0.25, 0.3) is 0 Å². The lowest BCUT2D eigenvalue weighted by Crippen LogP contribution is -2.47. The molecule has 0 radical (unpaired) electrons. The third kappa shape index (κ3) is 5.32. The van der Waals surface area contributed by atoms with Crippen LogP contribution in [-0.2, 0) is 6.54 Å². The number of benzene rings is 1. The number of nitrogens with zero attached hydrogens (tertiary/aromatic N) is 1. The van der Waals surface area contributed by atoms with Crippen LogP contribution in [-0.4, -0.2) is 48.4 Å². The standard InChI is InChI=1S/C17H27N3O2S/c1-4-18-16(20-11-17(21)7-8-23-12-17)19-10-14-6-5-13(2)9-15(14)22-3/h5-6,9,21H,4,7-8,10-12H2,1-3H3,(H2,18,19,20). The van der Waals surface area contributed by atoms with Crippen LogP contribution in [0.3, 0.4) is 0 Å². The molecule has 6 heteroatoms. The van der Waals surface area contributed by atoms with E-state index in [1.807, 2.05) is 26.0 Å². The molecule has 1 unspecified atom stereocenters. The van der Waals surface area contributed by atoms with Crippen molar-refractivity contribution >= 4 is 17.7 Å². The first kappa shape index (κ1) is 17.9. The van der Waals surface area contributed by atoms with Gasteiger partial charge in [-0.15, -0.1) is 0 Å². The fourth-order valence-corrected chi connectivity index (χ4v) is 3.77. The fraction of sp³-hybridized carbons (Fsp3) is 0.588. The maximum absolute atomic E-state index is 10.4. The molecular formula is C17H27N3O2S. The highest BCUT2D eigenvalue weighted by Crippen LogP contribution is 2.27. The Bertz CT molecular complexity index is 543. The van der Waals surface area contributed by atoms with Gasteiger partial charge in [0.1, 0.15) is 5.75 Å². The molecule has 1 aromatic rings. The molecule has 1 aromatic carbocycles. The van der Waals surface area contributed by atoms with Gasteiger partial charge in [0.15, 0.2) is 5.96 Å². The molecule has 0 aliphatic carbocycles. The average Bonchev–Trinajstić information content (AvgIpc) is 2.98. The van der Waals surface area contributed by atoms with E-state index in [-0.39, 0.29) is 0 Å². The predicted octanol–water partition coefficient (Wildman–Crippen LogP) is 1.93. The maximum atomic E-state index is 10.4. The molecule has 1 aliphatic rings. The van der Waals surface area contributed by atoms with E-state index in [0.29, 0.717) is 13.1 Å². The van der Waals surface area contributed by atoms with Crippen molar-refractivity contribution in [2.24, 2.45) is 4.99 Å². The first-order chi connectivity index (χ1) is 11.1. The van der Waals surface area contributed by atoms with E-state index in [0.717, 1.165) is 41.7 Å². The van der Waals surface area contributed by atoms with Crippen molar-refractivity contribution in [3.05, 3.63) is 29.3 Å². The minimum absolute atomic E-state index is 0.525. The molecule has 1 fully saturated rings. The summed E-state index contributed by atoms with van der Waals surface area (Å²) in [5, 5.41) is 16.9. The summed E-state index contributed by atoms with van der Waals surface area (Å²) in [6.45, 7) is 5.91. The molecule has 128 valence electrons. The quantitative estimate of drug-likeness (QED) is 0.547. The Kier molecular flexibility index (Phi) is 6.59. The number of hydrogen-bond acceptors (Lipinski definition) is 4. The van der Waals surface area contributed by atoms with Gasteiger partial charge in [-0.2, -0.15) is 11.8 Å². The number of guanidine groups is 1. The summed E-state index contributed by atoms with van der Waals surface area (Å²) in [6, 6.07) is 6.12. The summed E-state index contributed by atoms with van der Waals surface area (Å²) in [4.78, 5) is 4.61. The van der Waals surface area contributed by atoms with Crippen molar-refractivity contribution in [2.75, 3.05) is 31.7 Å². The molecule has 2 rings (SSSR count). The lowest BCUT2D eigenvalue weighted by atomic mass is 10.0. The van der Waals surface area contributed by atoms with Crippen LogP contribution in [0.4, 0.5) is 0 Å². The van der Waals surface area contributed by atoms with Gasteiger partial charge in [0.2, 0.25) is 0 Å². The summed E-state index contributed by atoms with van der Waals surface area (Å²) < 4.78 is 5.42. The van der Waals surface area contributed by atoms with E-state index in [1.165, 1.54) is 5.56 Å². The number of aryl methyl sites for hydroxylation is 1. The molecule has 0 amide bonds. The van der Waals surface area contributed by atoms with Crippen molar-refractivity contribution < 1.29 is 9.84 Å². The number of thioether (sulfide) groups is 1. The Labute approximate surface area is 142 Å². The molecule has 0 bridgehead atoms. The van der Waals surface area contributed by atoms with E-state index in [1.54, 1.807) is 18.9 Å². The fourth-order valence-electron chi connectivity index (χ4n) is 2.47. The molecule has 5 nitrogen and oxygen atoms in total. The molecule has 23 heavy (non-hydrogen) atoms. The van der Waals surface area contributed by atoms with Gasteiger partial charge < -0.3 is 20.5 Å². The number of aliphatic imine (C=N–C) groups is 1. The van der Waals surface area contributed by atoms with Crippen LogP contribution >= 0.6 is 11.8 Å². The second-order valence-corrected chi connectivity index (χ2v) is 7.00. The molecule has 1 saturated heterocycles. The summed E-state index contributed by atoms with van der Waals surface area (Å²) in [7, 11) is 1.68. The Hall–Kier alpha value is -1.40. The van der Waals surface area contributed by atoms with Crippen molar-refractivity contribution in [2.45, 2.75) is 32.4 Å². The van der Waals surface area contributed by atoms with Gasteiger partial charge in [-0.05, 0) is 37.7 Å². The lowest BCUT2D eigenvalue weighted by Gasteiger charge is -2.23. The van der Waals surface area contributed by atoms with Gasteiger partial charge in [-0.1, -0.05) is 12.1 Å². The zero-order valence-corrected chi connectivity index (χ0v) is 15.0. The Morgan fingerprint density at radius 2 is 2.26 bits per heavy atom. The van der Waals surface area contributed by atoms with Crippen LogP contribution in [0.1, 0.15) is 24.5 Å². The predicted molar refractivity (Wildman–Crippen MR) is 97.4 cm³/mol. The van der Waals surface area contributed by atoms with Gasteiger partial charge in [0.05, 0.1) is 19.3 Å². The van der Waals surface area contributed by atoms with Crippen molar-refractivity contribution in [3.8, 4) is 5.75 Å². The second-order valence-electron chi connectivity index (χ2n) is 5.89. The number of aliphatic hydroxyl groups is 1. The molecule has 0 aromatic heterocycles. The first-order valence-electron chi connectivity index (χ1n) is 8.02. The van der Waals surface area contributed by atoms with Gasteiger partial charge >= 0.3 is 0 Å². The largest absolute Gasteiger partial charge is 0.496 e. The molecule has 1 aliphatic heterocycles. The normalized spacial score (nSPS) is 21.3. The SMILES string of the molecule is CCNC(=NCc1ccc(C)cc1OC)NCC1(O)CCSC1. The molecule has 0 saturated carbocycles. The van der Waals surface area contributed by atoms with E-state index in [9.17, 15) is 5.11 Å². The molecule has 3 N–H and O–H groups in total. The Balaban J connectivity index is 2.00. The van der Waals surface area contributed by atoms with Gasteiger partial charge in [-0.25, -0.2) is 4.99 Å². The van der Waals surface area contributed by atoms with Crippen LogP contribution in [0, 0.1) is 6.92 Å². The zero-order chi connectivity index (χ0) is 16.7. The number of methoxy groups -OCH3 is 1. The molecule has 0 spiro atoms. The topological polar surface area (TPSA) is 65.9 Å². The highest BCUT2D eigenvalue weighted by Gasteiger charge is 2.31. The summed E-state index contributed by atoms with van der Waals surface area (Å²) in [5.74, 6) is 3.38. The molecule has 1 atom stereocenters. The summed E-state index contributed by atoms with van der Waals surface area (Å²) in [6.07, 6.45) is 0.829. The van der Waals surface area contributed by atoms with Crippen LogP contribution in [0.15, 0.2) is 23.2 Å². The van der Waals surface area contributed by atoms with Gasteiger partial charge in [-0.3, -0.25) is 0 Å². The number of rotatable bonds is 6. The minimum atomic E-state index is -0.623. The highest BCUT2D eigenvalue weighted by atomic mass is 32.2. The van der Waals surface area contributed by atoms with Gasteiger partial charge in [0.25, 0.3) is 0 Å². The Morgan fingerprint density at radius 1 is 1.43 bits per heavy atom. The van der Waals surface area contributed by atoms with Gasteiger partial charge in [0, 0.05) is 24.4 Å².